The van der Waals surface area contributed by atoms with E-state index in [9.17, 15) is 4.79 Å². The number of nitrogens with one attached hydrogen (secondary N) is 1. The van der Waals surface area contributed by atoms with Crippen LogP contribution in [0.2, 0.25) is 0 Å². The fraction of sp³-hybridized carbons (Fsp3) is 0.500. The Morgan fingerprint density at radius 3 is 2.35 bits per heavy atom. The van der Waals surface area contributed by atoms with Crippen LogP contribution in [0.25, 0.3) is 0 Å². The number of halogens is 1. The lowest BCUT2D eigenvalue weighted by molar-refractivity contribution is -0.123. The van der Waals surface area contributed by atoms with Crippen molar-refractivity contribution in [2.24, 2.45) is 11.7 Å². The predicted molar refractivity (Wildman–Crippen MR) is 81.9 cm³/mol. The van der Waals surface area contributed by atoms with E-state index in [-0.39, 0.29) is 11.8 Å². The molecule has 0 aliphatic rings. The van der Waals surface area contributed by atoms with Crippen molar-refractivity contribution in [3.05, 3.63) is 22.2 Å². The third-order valence-electron chi connectivity index (χ3n) is 3.03. The van der Waals surface area contributed by atoms with Crippen LogP contribution >= 0.6 is 15.9 Å². The summed E-state index contributed by atoms with van der Waals surface area (Å²) >= 11 is 3.45. The van der Waals surface area contributed by atoms with E-state index in [1.165, 1.54) is 0 Å². The molecule has 112 valence electrons. The quantitative estimate of drug-likeness (QED) is 0.828. The van der Waals surface area contributed by atoms with E-state index in [1.807, 2.05) is 26.0 Å². The van der Waals surface area contributed by atoms with Gasteiger partial charge in [0, 0.05) is 11.0 Å². The van der Waals surface area contributed by atoms with Crippen LogP contribution in [0, 0.1) is 5.92 Å². The van der Waals surface area contributed by atoms with Gasteiger partial charge in [0.15, 0.2) is 11.5 Å². The van der Waals surface area contributed by atoms with Gasteiger partial charge in [0.1, 0.15) is 0 Å². The van der Waals surface area contributed by atoms with Crippen molar-refractivity contribution in [1.82, 2.24) is 5.32 Å². The molecule has 0 heterocycles. The van der Waals surface area contributed by atoms with Gasteiger partial charge in [-0.15, -0.1) is 0 Å². The van der Waals surface area contributed by atoms with Crippen molar-refractivity contribution in [3.63, 3.8) is 0 Å². The lowest BCUT2D eigenvalue weighted by Gasteiger charge is -2.16. The molecular weight excluding hydrogens is 324 g/mol. The smallest absolute Gasteiger partial charge is 0.237 e. The second-order valence-electron chi connectivity index (χ2n) is 4.79. The molecule has 0 radical (unpaired) electrons. The van der Waals surface area contributed by atoms with E-state index in [1.54, 1.807) is 14.2 Å². The maximum Gasteiger partial charge on any atom is 0.237 e. The minimum atomic E-state index is -0.506. The number of ether oxygens (including phenoxy) is 2. The van der Waals surface area contributed by atoms with Crippen LogP contribution in [0.1, 0.15) is 19.4 Å². The highest BCUT2D eigenvalue weighted by atomic mass is 79.9. The summed E-state index contributed by atoms with van der Waals surface area (Å²) in [4.78, 5) is 11.8. The Morgan fingerprint density at radius 2 is 1.85 bits per heavy atom. The number of benzene rings is 1. The zero-order chi connectivity index (χ0) is 15.3. The summed E-state index contributed by atoms with van der Waals surface area (Å²) in [7, 11) is 3.15. The van der Waals surface area contributed by atoms with Gasteiger partial charge in [0.25, 0.3) is 0 Å². The summed E-state index contributed by atoms with van der Waals surface area (Å²) < 4.78 is 11.3. The second kappa shape index (κ2) is 7.50. The van der Waals surface area contributed by atoms with Gasteiger partial charge in [-0.1, -0.05) is 29.8 Å². The average molecular weight is 345 g/mol. The molecule has 0 bridgehead atoms. The van der Waals surface area contributed by atoms with E-state index >= 15 is 0 Å². The van der Waals surface area contributed by atoms with Crippen LogP contribution in [0.4, 0.5) is 0 Å². The molecule has 0 aliphatic heterocycles. The molecule has 0 spiro atoms. The second-order valence-corrected chi connectivity index (χ2v) is 5.64. The van der Waals surface area contributed by atoms with E-state index in [0.717, 1.165) is 10.0 Å². The zero-order valence-corrected chi connectivity index (χ0v) is 13.8. The van der Waals surface area contributed by atoms with Gasteiger partial charge >= 0.3 is 0 Å². The van der Waals surface area contributed by atoms with Crippen molar-refractivity contribution in [2.75, 3.05) is 14.2 Å². The van der Waals surface area contributed by atoms with Crippen molar-refractivity contribution >= 4 is 21.8 Å². The monoisotopic (exact) mass is 344 g/mol. The maximum atomic E-state index is 11.8. The number of rotatable bonds is 6. The van der Waals surface area contributed by atoms with Crippen LogP contribution in [-0.4, -0.2) is 26.2 Å². The summed E-state index contributed by atoms with van der Waals surface area (Å²) in [6.07, 6.45) is 0. The van der Waals surface area contributed by atoms with Crippen molar-refractivity contribution < 1.29 is 14.3 Å². The number of carbonyl (C=O) groups excluding carboxylic acids is 1. The number of hydrogen-bond donors (Lipinski definition) is 2. The Bertz CT molecular complexity index is 478. The molecule has 0 aliphatic carbocycles. The first-order chi connectivity index (χ1) is 9.40. The highest BCUT2D eigenvalue weighted by Crippen LogP contribution is 2.33. The summed E-state index contributed by atoms with van der Waals surface area (Å²) in [5.41, 5.74) is 6.69. The molecule has 1 aromatic carbocycles. The molecule has 3 N–H and O–H groups in total. The third-order valence-corrected chi connectivity index (χ3v) is 3.76. The summed E-state index contributed by atoms with van der Waals surface area (Å²) in [5.74, 6) is 1.19. The lowest BCUT2D eigenvalue weighted by atomic mass is 10.0. The first-order valence-corrected chi connectivity index (χ1v) is 7.13. The average Bonchev–Trinajstić information content (AvgIpc) is 2.44. The van der Waals surface area contributed by atoms with E-state index in [4.69, 9.17) is 15.2 Å². The maximum absolute atomic E-state index is 11.8. The molecule has 0 fully saturated rings. The van der Waals surface area contributed by atoms with Crippen molar-refractivity contribution in [2.45, 2.75) is 26.4 Å². The van der Waals surface area contributed by atoms with Crippen LogP contribution < -0.4 is 20.5 Å². The number of methoxy groups -OCH3 is 2. The van der Waals surface area contributed by atoms with E-state index in [0.29, 0.717) is 18.0 Å². The fourth-order valence-electron chi connectivity index (χ4n) is 1.63. The molecule has 1 atom stereocenters. The predicted octanol–water partition coefficient (Wildman–Crippen LogP) is 2.07. The number of hydrogen-bond acceptors (Lipinski definition) is 4. The Hall–Kier alpha value is -1.27. The van der Waals surface area contributed by atoms with Gasteiger partial charge in [-0.2, -0.15) is 0 Å². The SMILES string of the molecule is COc1cc(Br)c(CNC(=O)[C@@H](N)C(C)C)cc1OC. The van der Waals surface area contributed by atoms with Crippen LogP contribution in [0.15, 0.2) is 16.6 Å². The van der Waals surface area contributed by atoms with Gasteiger partial charge in [-0.3, -0.25) is 4.79 Å². The number of amides is 1. The number of nitrogens with two attached hydrogens (primary N) is 1. The molecule has 0 saturated heterocycles. The van der Waals surface area contributed by atoms with E-state index in [2.05, 4.69) is 21.2 Å². The van der Waals surface area contributed by atoms with Crippen LogP contribution in [0.3, 0.4) is 0 Å². The van der Waals surface area contributed by atoms with Crippen molar-refractivity contribution in [3.8, 4) is 11.5 Å². The van der Waals surface area contributed by atoms with Gasteiger partial charge in [0.2, 0.25) is 5.91 Å². The molecule has 0 unspecified atom stereocenters. The van der Waals surface area contributed by atoms with Crippen LogP contribution in [0.5, 0.6) is 11.5 Å². The third kappa shape index (κ3) is 4.11. The van der Waals surface area contributed by atoms with Crippen LogP contribution in [-0.2, 0) is 11.3 Å². The zero-order valence-electron chi connectivity index (χ0n) is 12.2. The summed E-state index contributed by atoms with van der Waals surface area (Å²) in [6.45, 7) is 4.20. The molecule has 1 amide bonds. The largest absolute Gasteiger partial charge is 0.493 e. The standard InChI is InChI=1S/C14H21BrN2O3/c1-8(2)13(16)14(18)17-7-9-5-11(19-3)12(20-4)6-10(9)15/h5-6,8,13H,7,16H2,1-4H3,(H,17,18)/t13-/m0/s1. The molecule has 0 saturated carbocycles. The topological polar surface area (TPSA) is 73.6 Å². The molecule has 0 aromatic heterocycles. The lowest BCUT2D eigenvalue weighted by Crippen LogP contribution is -2.43. The highest BCUT2D eigenvalue weighted by molar-refractivity contribution is 9.10. The summed E-state index contributed by atoms with van der Waals surface area (Å²) in [6, 6.07) is 3.13. The molecular formula is C14H21BrN2O3. The normalized spacial score (nSPS) is 12.2. The molecule has 5 nitrogen and oxygen atoms in total. The summed E-state index contributed by atoms with van der Waals surface area (Å²) in [5, 5.41) is 2.82. The van der Waals surface area contributed by atoms with Gasteiger partial charge < -0.3 is 20.5 Å². The number of carbonyl (C=O) groups is 1. The fourth-order valence-corrected chi connectivity index (χ4v) is 2.10. The Labute approximate surface area is 127 Å². The molecule has 1 rings (SSSR count). The molecule has 6 heteroatoms. The van der Waals surface area contributed by atoms with E-state index < -0.39 is 6.04 Å². The van der Waals surface area contributed by atoms with Gasteiger partial charge in [-0.05, 0) is 23.6 Å². The van der Waals surface area contributed by atoms with Gasteiger partial charge in [0.05, 0.1) is 20.3 Å². The first-order valence-electron chi connectivity index (χ1n) is 6.34. The van der Waals surface area contributed by atoms with Crippen molar-refractivity contribution in [1.29, 1.82) is 0 Å². The molecule has 20 heavy (non-hydrogen) atoms. The van der Waals surface area contributed by atoms with Gasteiger partial charge in [-0.25, -0.2) is 0 Å². The minimum absolute atomic E-state index is 0.101. The molecule has 1 aromatic rings. The Balaban J connectivity index is 2.80. The Morgan fingerprint density at radius 1 is 1.30 bits per heavy atom. The minimum Gasteiger partial charge on any atom is -0.493 e. The Kier molecular flexibility index (Phi) is 6.29. The first kappa shape index (κ1) is 16.8. The highest BCUT2D eigenvalue weighted by Gasteiger charge is 2.17.